The second-order valence-electron chi connectivity index (χ2n) is 12.0. The molecule has 1 unspecified atom stereocenters. The van der Waals surface area contributed by atoms with Crippen LogP contribution in [0.4, 0.5) is 5.82 Å². The van der Waals surface area contributed by atoms with E-state index in [9.17, 15) is 30.0 Å². The Labute approximate surface area is 263 Å². The van der Waals surface area contributed by atoms with Crippen molar-refractivity contribution < 1.29 is 48.3 Å². The van der Waals surface area contributed by atoms with Crippen molar-refractivity contribution in [3.63, 3.8) is 0 Å². The van der Waals surface area contributed by atoms with Gasteiger partial charge in [0.2, 0.25) is 5.60 Å². The number of nitrogen functional groups attached to an aromatic ring is 1. The van der Waals surface area contributed by atoms with Gasteiger partial charge in [-0.05, 0) is 12.1 Å². The highest BCUT2D eigenvalue weighted by Gasteiger charge is 2.57. The van der Waals surface area contributed by atoms with Gasteiger partial charge in [0.25, 0.3) is 0 Å². The third-order valence-corrected chi connectivity index (χ3v) is 10.2. The van der Waals surface area contributed by atoms with Crippen LogP contribution in [0.1, 0.15) is 47.2 Å². The van der Waals surface area contributed by atoms with Gasteiger partial charge in [0.05, 0.1) is 24.0 Å². The monoisotopic (exact) mass is 679 g/mol. The summed E-state index contributed by atoms with van der Waals surface area (Å²) in [5, 5.41) is 46.5. The lowest BCUT2D eigenvalue weighted by molar-refractivity contribution is -0.250. The number of aliphatic hydroxyl groups excluding tert-OH is 3. The molecule has 0 aliphatic carbocycles. The summed E-state index contributed by atoms with van der Waals surface area (Å²) in [5.41, 5.74) is 3.57. The molecule has 1 fully saturated rings. The summed E-state index contributed by atoms with van der Waals surface area (Å²) >= 11 is 1.20. The third-order valence-electron chi connectivity index (χ3n) is 6.38. The molecule has 1 saturated heterocycles. The van der Waals surface area contributed by atoms with Crippen LogP contribution in [0.25, 0.3) is 5.52 Å². The molecule has 2 aromatic heterocycles. The molecule has 1 aliphatic heterocycles. The predicted octanol–water partition coefficient (Wildman–Crippen LogP) is 2.07. The first-order chi connectivity index (χ1) is 20.4. The topological polar surface area (TPSA) is 224 Å². The molecular formula is C26H42N5O10PS2. The number of rotatable bonds is 12. The number of nitrogens with zero attached hydrogens (tertiary/aromatic N) is 4. The zero-order valence-electron chi connectivity index (χ0n) is 25.4. The average molecular weight is 680 g/mol. The molecule has 0 amide bonds. The Bertz CT molecular complexity index is 1450. The molecule has 18 heteroatoms. The van der Waals surface area contributed by atoms with E-state index in [2.05, 4.69) is 10.1 Å². The second kappa shape index (κ2) is 14.8. The van der Waals surface area contributed by atoms with Crippen molar-refractivity contribution >= 4 is 52.0 Å². The number of nitrogens with two attached hydrogens (primary N) is 1. The molecule has 0 radical (unpaired) electrons. The molecule has 0 spiro atoms. The van der Waals surface area contributed by atoms with Crippen LogP contribution in [0.5, 0.6) is 0 Å². The van der Waals surface area contributed by atoms with Crippen molar-refractivity contribution in [2.75, 3.05) is 37.1 Å². The maximum atomic E-state index is 12.2. The van der Waals surface area contributed by atoms with Gasteiger partial charge in [0.1, 0.15) is 47.9 Å². The van der Waals surface area contributed by atoms with E-state index in [0.717, 1.165) is 0 Å². The Balaban J connectivity index is 1.56. The van der Waals surface area contributed by atoms with Gasteiger partial charge in [0, 0.05) is 22.3 Å². The fourth-order valence-electron chi connectivity index (χ4n) is 3.98. The molecule has 248 valence electrons. The van der Waals surface area contributed by atoms with Crippen LogP contribution in [-0.2, 0) is 33.7 Å². The summed E-state index contributed by atoms with van der Waals surface area (Å²) < 4.78 is 29.4. The minimum atomic E-state index is -4.29. The first-order valence-electron chi connectivity index (χ1n) is 13.7. The van der Waals surface area contributed by atoms with E-state index < -0.39 is 37.2 Å². The van der Waals surface area contributed by atoms with E-state index in [1.165, 1.54) is 16.9 Å². The number of ether oxygens (including phenoxy) is 1. The summed E-state index contributed by atoms with van der Waals surface area (Å²) in [5.74, 6) is 0.765. The first-order valence-corrected chi connectivity index (χ1v) is 17.3. The number of hydrogen-bond donors (Lipinski definition) is 7. The van der Waals surface area contributed by atoms with Crippen molar-refractivity contribution in [2.45, 2.75) is 65.5 Å². The SMILES string of the molecule is CC(C)(C)C(O)=[SH]CCOP(=O)(O)OCC[SH]=C(OOC[C@H]1O[C@](C#N)(c2ccc3c(N)ncnn23)[C@H](O)[C@@H]1O)C(C)(C)C. The summed E-state index contributed by atoms with van der Waals surface area (Å²) in [4.78, 5) is 24.8. The normalized spacial score (nSPS) is 25.2. The Morgan fingerprint density at radius 1 is 1.16 bits per heavy atom. The average Bonchev–Trinajstić information content (AvgIpc) is 3.47. The van der Waals surface area contributed by atoms with E-state index in [0.29, 0.717) is 39.0 Å². The maximum Gasteiger partial charge on any atom is 0.472 e. The largest absolute Gasteiger partial charge is 0.472 e. The second-order valence-corrected chi connectivity index (χ2v) is 15.8. The Morgan fingerprint density at radius 2 is 1.80 bits per heavy atom. The molecule has 3 heterocycles. The van der Waals surface area contributed by atoms with E-state index in [1.54, 1.807) is 6.07 Å². The predicted molar refractivity (Wildman–Crippen MR) is 170 cm³/mol. The number of anilines is 1. The van der Waals surface area contributed by atoms with Crippen LogP contribution in [0, 0.1) is 22.2 Å². The lowest BCUT2D eigenvalue weighted by Gasteiger charge is -2.24. The zero-order valence-corrected chi connectivity index (χ0v) is 28.1. The number of thiol groups is 2. The van der Waals surface area contributed by atoms with Crippen LogP contribution in [-0.4, -0.2) is 94.6 Å². The molecule has 1 aliphatic rings. The van der Waals surface area contributed by atoms with Crippen molar-refractivity contribution in [2.24, 2.45) is 10.8 Å². The number of aliphatic hydroxyl groups is 3. The molecular weight excluding hydrogens is 637 g/mol. The molecule has 15 nitrogen and oxygen atoms in total. The lowest BCUT2D eigenvalue weighted by atomic mass is 9.92. The van der Waals surface area contributed by atoms with Gasteiger partial charge >= 0.3 is 7.82 Å². The van der Waals surface area contributed by atoms with Crippen LogP contribution in [0.15, 0.2) is 18.5 Å². The molecule has 0 bridgehead atoms. The molecule has 0 saturated carbocycles. The minimum Gasteiger partial charge on any atom is -0.387 e. The number of fused-ring (bicyclic) bond motifs is 1. The smallest absolute Gasteiger partial charge is 0.387 e. The van der Waals surface area contributed by atoms with E-state index in [1.807, 2.05) is 47.6 Å². The Morgan fingerprint density at radius 3 is 2.39 bits per heavy atom. The van der Waals surface area contributed by atoms with E-state index in [4.69, 9.17) is 29.3 Å². The Hall–Kier alpha value is -1.78. The van der Waals surface area contributed by atoms with Gasteiger partial charge < -0.3 is 30.7 Å². The fraction of sp³-hybridized carbons (Fsp3) is 0.654. The Kier molecular flexibility index (Phi) is 12.3. The zero-order chi connectivity index (χ0) is 32.9. The van der Waals surface area contributed by atoms with Crippen molar-refractivity contribution in [3.05, 3.63) is 24.2 Å². The molecule has 6 N–H and O–H groups in total. The number of aromatic nitrogens is 3. The van der Waals surface area contributed by atoms with Crippen molar-refractivity contribution in [3.8, 4) is 6.07 Å². The number of phosphoric acid groups is 1. The summed E-state index contributed by atoms with van der Waals surface area (Å²) in [6.45, 7) is 10.7. The van der Waals surface area contributed by atoms with Gasteiger partial charge in [-0.1, -0.05) is 41.5 Å². The number of nitriles is 1. The summed E-state index contributed by atoms with van der Waals surface area (Å²) in [6, 6.07) is 5.05. The van der Waals surface area contributed by atoms with E-state index in [-0.39, 0.29) is 47.6 Å². The van der Waals surface area contributed by atoms with Crippen LogP contribution < -0.4 is 5.73 Å². The standard InChI is InChI=1S/C26H42N5O10PS2/c1-24(2,3)22(34)43-11-9-38-42(35,36)39-10-12-44-23(25(4,5)6)41-37-13-17-19(32)20(33)26(14-27,40-17)18-8-7-16-21(28)29-15-30-31(16)18/h7-8,15,17,19-20,32-34,43-44H,9-13H2,1-6H3,(H,35,36)(H2,28,29,30)/t17-,19-,20-,26-/m1/s1. The third kappa shape index (κ3) is 8.93. The molecule has 2 aromatic rings. The highest BCUT2D eigenvalue weighted by Crippen LogP contribution is 2.43. The fourth-order valence-corrected chi connectivity index (χ4v) is 6.82. The van der Waals surface area contributed by atoms with Crippen LogP contribution in [0.2, 0.25) is 0 Å². The van der Waals surface area contributed by atoms with E-state index >= 15 is 0 Å². The molecule has 3 rings (SSSR count). The molecule has 0 aromatic carbocycles. The summed E-state index contributed by atoms with van der Waals surface area (Å²) in [6.07, 6.45) is -3.09. The van der Waals surface area contributed by atoms with Gasteiger partial charge in [-0.25, -0.2) is 19.0 Å². The van der Waals surface area contributed by atoms with Gasteiger partial charge in [-0.3, -0.25) is 9.05 Å². The van der Waals surface area contributed by atoms with Gasteiger partial charge in [-0.15, -0.1) is 0 Å². The lowest BCUT2D eigenvalue weighted by Crippen LogP contribution is -2.41. The highest BCUT2D eigenvalue weighted by molar-refractivity contribution is 7.98. The number of phosphoric ester groups is 1. The highest BCUT2D eigenvalue weighted by atomic mass is 32.1. The van der Waals surface area contributed by atoms with Crippen molar-refractivity contribution in [1.82, 2.24) is 14.6 Å². The van der Waals surface area contributed by atoms with Crippen LogP contribution in [0.3, 0.4) is 0 Å². The van der Waals surface area contributed by atoms with Gasteiger partial charge in [0.15, 0.2) is 5.82 Å². The number of hydrogen-bond acceptors (Lipinski definition) is 12. The molecule has 44 heavy (non-hydrogen) atoms. The van der Waals surface area contributed by atoms with Crippen molar-refractivity contribution in [1.29, 1.82) is 5.26 Å². The molecule has 5 atom stereocenters. The summed E-state index contributed by atoms with van der Waals surface area (Å²) in [7, 11) is -4.29. The van der Waals surface area contributed by atoms with Gasteiger partial charge in [-0.2, -0.15) is 38.0 Å². The quantitative estimate of drug-likeness (QED) is 0.0426. The maximum absolute atomic E-state index is 12.2. The minimum absolute atomic E-state index is 0.0666. The van der Waals surface area contributed by atoms with Crippen LogP contribution >= 0.6 is 30.5 Å². The first kappa shape index (κ1) is 36.7.